The molecule has 0 atom stereocenters. The average molecular weight is 583 g/mol. The fourth-order valence-corrected chi connectivity index (χ4v) is 7.65. The minimum absolute atomic E-state index is 0.861. The lowest BCUT2D eigenvalue weighted by molar-refractivity contribution is 0.669. The lowest BCUT2D eigenvalue weighted by Gasteiger charge is -2.26. The number of hydrogen-bond donors (Lipinski definition) is 0. The number of nitrogens with zero attached hydrogens (tertiary/aromatic N) is 2. The SMILES string of the molecule is Cc1ccc2cc3c(cc2c1)sc1c(N(c2ccc(-c4ccccc4)cc2)c2cccc4c2oc2ccccc24)cncc13. The number of fused-ring (bicyclic) bond motifs is 7. The first-order valence-corrected chi connectivity index (χ1v) is 15.6. The molecule has 0 aliphatic heterocycles. The van der Waals surface area contributed by atoms with Gasteiger partial charge in [0, 0.05) is 38.1 Å². The van der Waals surface area contributed by atoms with Crippen LogP contribution in [0.4, 0.5) is 17.1 Å². The second kappa shape index (κ2) is 9.80. The Labute approximate surface area is 258 Å². The predicted octanol–water partition coefficient (Wildman–Crippen LogP) is 11.9. The van der Waals surface area contributed by atoms with Crippen LogP contribution in [-0.4, -0.2) is 4.98 Å². The first-order valence-electron chi connectivity index (χ1n) is 14.8. The zero-order chi connectivity index (χ0) is 29.2. The van der Waals surface area contributed by atoms with Crippen LogP contribution in [0.2, 0.25) is 0 Å². The van der Waals surface area contributed by atoms with Crippen LogP contribution >= 0.6 is 11.3 Å². The van der Waals surface area contributed by atoms with Crippen molar-refractivity contribution in [2.45, 2.75) is 6.92 Å². The highest BCUT2D eigenvalue weighted by Crippen LogP contribution is 2.47. The summed E-state index contributed by atoms with van der Waals surface area (Å²) in [4.78, 5) is 7.14. The Hall–Kier alpha value is -5.45. The molecule has 0 unspecified atom stereocenters. The van der Waals surface area contributed by atoms with Crippen molar-refractivity contribution < 1.29 is 4.42 Å². The zero-order valence-electron chi connectivity index (χ0n) is 24.0. The van der Waals surface area contributed by atoms with Crippen LogP contribution in [0.1, 0.15) is 5.56 Å². The van der Waals surface area contributed by atoms with Gasteiger partial charge in [0.05, 0.1) is 22.3 Å². The molecule has 0 amide bonds. The number of para-hydroxylation sites is 2. The van der Waals surface area contributed by atoms with Crippen LogP contribution < -0.4 is 4.90 Å². The van der Waals surface area contributed by atoms with Crippen molar-refractivity contribution >= 4 is 81.3 Å². The van der Waals surface area contributed by atoms with Gasteiger partial charge in [0.1, 0.15) is 5.58 Å². The number of aryl methyl sites for hydroxylation is 1. The number of rotatable bonds is 4. The Kier molecular flexibility index (Phi) is 5.59. The molecule has 3 aromatic heterocycles. The number of aromatic nitrogens is 1. The summed E-state index contributed by atoms with van der Waals surface area (Å²) >= 11 is 1.82. The lowest BCUT2D eigenvalue weighted by atomic mass is 10.0. The summed E-state index contributed by atoms with van der Waals surface area (Å²) in [5.41, 5.74) is 8.45. The second-order valence-corrected chi connectivity index (χ2v) is 12.4. The fourth-order valence-electron chi connectivity index (χ4n) is 6.45. The van der Waals surface area contributed by atoms with Crippen molar-refractivity contribution in [3.8, 4) is 11.1 Å². The van der Waals surface area contributed by atoms with Crippen LogP contribution in [0.5, 0.6) is 0 Å². The Bertz CT molecular complexity index is 2510. The maximum atomic E-state index is 6.58. The molecule has 0 bridgehead atoms. The zero-order valence-corrected chi connectivity index (χ0v) is 24.8. The third-order valence-corrected chi connectivity index (χ3v) is 9.76. The van der Waals surface area contributed by atoms with E-state index in [0.29, 0.717) is 0 Å². The third kappa shape index (κ3) is 3.92. The Morgan fingerprint density at radius 2 is 1.39 bits per heavy atom. The average Bonchev–Trinajstić information content (AvgIpc) is 3.63. The van der Waals surface area contributed by atoms with Crippen molar-refractivity contribution in [1.82, 2.24) is 4.98 Å². The van der Waals surface area contributed by atoms with Crippen LogP contribution in [0.3, 0.4) is 0 Å². The smallest absolute Gasteiger partial charge is 0.159 e. The molecule has 0 aliphatic carbocycles. The summed E-state index contributed by atoms with van der Waals surface area (Å²) in [6.45, 7) is 2.15. The molecular formula is C40H26N2OS. The molecule has 3 heterocycles. The van der Waals surface area contributed by atoms with Gasteiger partial charge in [0.2, 0.25) is 0 Å². The van der Waals surface area contributed by atoms with Crippen LogP contribution in [0.15, 0.2) is 144 Å². The number of furan rings is 1. The molecule has 44 heavy (non-hydrogen) atoms. The first-order chi connectivity index (χ1) is 21.7. The van der Waals surface area contributed by atoms with E-state index >= 15 is 0 Å². The van der Waals surface area contributed by atoms with Crippen LogP contribution in [0.25, 0.3) is 64.0 Å². The molecule has 0 radical (unpaired) electrons. The highest BCUT2D eigenvalue weighted by Gasteiger charge is 2.23. The monoisotopic (exact) mass is 582 g/mol. The van der Waals surface area contributed by atoms with Gasteiger partial charge in [0.25, 0.3) is 0 Å². The van der Waals surface area contributed by atoms with Crippen molar-refractivity contribution in [3.05, 3.63) is 145 Å². The lowest BCUT2D eigenvalue weighted by Crippen LogP contribution is -2.10. The molecule has 9 rings (SSSR count). The van der Waals surface area contributed by atoms with E-state index in [-0.39, 0.29) is 0 Å². The first kappa shape index (κ1) is 25.1. The summed E-state index contributed by atoms with van der Waals surface area (Å²) in [7, 11) is 0. The van der Waals surface area contributed by atoms with E-state index in [0.717, 1.165) is 44.4 Å². The van der Waals surface area contributed by atoms with E-state index in [1.807, 2.05) is 35.9 Å². The normalized spacial score (nSPS) is 11.8. The van der Waals surface area contributed by atoms with Gasteiger partial charge in [0.15, 0.2) is 5.58 Å². The molecule has 0 aliphatic rings. The van der Waals surface area contributed by atoms with Gasteiger partial charge < -0.3 is 9.32 Å². The van der Waals surface area contributed by atoms with E-state index in [4.69, 9.17) is 9.40 Å². The molecule has 0 saturated heterocycles. The maximum absolute atomic E-state index is 6.58. The number of benzene rings is 6. The summed E-state index contributed by atoms with van der Waals surface area (Å²) in [5.74, 6) is 0. The predicted molar refractivity (Wildman–Crippen MR) is 187 cm³/mol. The number of anilines is 3. The highest BCUT2D eigenvalue weighted by molar-refractivity contribution is 7.26. The van der Waals surface area contributed by atoms with Gasteiger partial charge in [-0.25, -0.2) is 0 Å². The van der Waals surface area contributed by atoms with Crippen molar-refractivity contribution in [2.24, 2.45) is 0 Å². The Morgan fingerprint density at radius 3 is 2.27 bits per heavy atom. The quantitative estimate of drug-likeness (QED) is 0.207. The van der Waals surface area contributed by atoms with Crippen molar-refractivity contribution in [2.75, 3.05) is 4.90 Å². The molecule has 3 nitrogen and oxygen atoms in total. The summed E-state index contributed by atoms with van der Waals surface area (Å²) in [6, 6.07) is 45.3. The molecule has 0 saturated carbocycles. The maximum Gasteiger partial charge on any atom is 0.159 e. The van der Waals surface area contributed by atoms with E-state index in [9.17, 15) is 0 Å². The Balaban J connectivity index is 1.31. The van der Waals surface area contributed by atoms with Crippen molar-refractivity contribution in [1.29, 1.82) is 0 Å². The van der Waals surface area contributed by atoms with E-state index in [1.165, 1.54) is 42.2 Å². The van der Waals surface area contributed by atoms with E-state index in [2.05, 4.69) is 127 Å². The minimum Gasteiger partial charge on any atom is -0.454 e. The largest absolute Gasteiger partial charge is 0.454 e. The standard InChI is InChI=1S/C40H26N2OS/c1-25-14-15-28-21-33-34-23-41-24-36(40(34)44-38(33)22-29(28)20-25)42(30-18-16-27(17-19-30)26-8-3-2-4-9-26)35-12-7-11-32-31-10-5-6-13-37(31)43-39(32)35/h2-24H,1H3. The van der Waals surface area contributed by atoms with Crippen LogP contribution in [-0.2, 0) is 0 Å². The molecule has 0 fully saturated rings. The number of hydrogen-bond acceptors (Lipinski definition) is 4. The molecular weight excluding hydrogens is 557 g/mol. The van der Waals surface area contributed by atoms with Gasteiger partial charge >= 0.3 is 0 Å². The van der Waals surface area contributed by atoms with Gasteiger partial charge in [-0.1, -0.05) is 96.6 Å². The molecule has 9 aromatic rings. The topological polar surface area (TPSA) is 29.3 Å². The fraction of sp³-hybridized carbons (Fsp3) is 0.0250. The van der Waals surface area contributed by atoms with Gasteiger partial charge in [-0.05, 0) is 65.2 Å². The number of thiophene rings is 1. The summed E-state index contributed by atoms with van der Waals surface area (Å²) in [5, 5.41) is 7.11. The highest BCUT2D eigenvalue weighted by atomic mass is 32.1. The molecule has 208 valence electrons. The van der Waals surface area contributed by atoms with Gasteiger partial charge in [-0.15, -0.1) is 11.3 Å². The van der Waals surface area contributed by atoms with Crippen LogP contribution in [0, 0.1) is 6.92 Å². The molecule has 0 spiro atoms. The number of pyridine rings is 1. The van der Waals surface area contributed by atoms with E-state index < -0.39 is 0 Å². The molecule has 4 heteroatoms. The molecule has 6 aromatic carbocycles. The third-order valence-electron chi connectivity index (χ3n) is 8.57. The molecule has 0 N–H and O–H groups in total. The van der Waals surface area contributed by atoms with Gasteiger partial charge in [-0.2, -0.15) is 0 Å². The summed E-state index contributed by atoms with van der Waals surface area (Å²) < 4.78 is 9.03. The minimum atomic E-state index is 0.861. The second-order valence-electron chi connectivity index (χ2n) is 11.3. The van der Waals surface area contributed by atoms with Gasteiger partial charge in [-0.3, -0.25) is 4.98 Å². The van der Waals surface area contributed by atoms with Crippen molar-refractivity contribution in [3.63, 3.8) is 0 Å². The van der Waals surface area contributed by atoms with E-state index in [1.54, 1.807) is 0 Å². The summed E-state index contributed by atoms with van der Waals surface area (Å²) in [6.07, 6.45) is 4.00. The Morgan fingerprint density at radius 1 is 0.591 bits per heavy atom.